The lowest BCUT2D eigenvalue weighted by molar-refractivity contribution is -0.126. The van der Waals surface area contributed by atoms with E-state index in [1.807, 2.05) is 25.1 Å². The van der Waals surface area contributed by atoms with Gasteiger partial charge in [-0.2, -0.15) is 0 Å². The number of carbonyl (C=O) groups is 1. The molecule has 0 saturated carbocycles. The molecule has 6 heteroatoms. The van der Waals surface area contributed by atoms with Gasteiger partial charge < -0.3 is 25.2 Å². The van der Waals surface area contributed by atoms with Crippen molar-refractivity contribution in [2.75, 3.05) is 31.8 Å². The Morgan fingerprint density at radius 3 is 2.90 bits per heavy atom. The van der Waals surface area contributed by atoms with Crippen molar-refractivity contribution in [1.29, 1.82) is 0 Å². The maximum atomic E-state index is 12.3. The summed E-state index contributed by atoms with van der Waals surface area (Å²) in [6, 6.07) is 5.26. The average molecular weight is 294 g/mol. The van der Waals surface area contributed by atoms with Crippen LogP contribution in [0.4, 0.5) is 5.69 Å². The maximum absolute atomic E-state index is 12.3. The van der Waals surface area contributed by atoms with E-state index < -0.39 is 6.10 Å². The number of carbonyl (C=O) groups excluding carboxylic acids is 1. The minimum absolute atomic E-state index is 0.101. The molecule has 1 aromatic carbocycles. The average Bonchev–Trinajstić information content (AvgIpc) is 2.49. The topological polar surface area (TPSA) is 85.0 Å². The van der Waals surface area contributed by atoms with Crippen molar-refractivity contribution in [2.45, 2.75) is 25.5 Å². The van der Waals surface area contributed by atoms with E-state index in [-0.39, 0.29) is 25.1 Å². The van der Waals surface area contributed by atoms with Crippen molar-refractivity contribution in [2.24, 2.45) is 5.73 Å². The van der Waals surface area contributed by atoms with Crippen LogP contribution in [0.25, 0.3) is 0 Å². The molecule has 0 fully saturated rings. The summed E-state index contributed by atoms with van der Waals surface area (Å²) in [5.41, 5.74) is 7.55. The summed E-state index contributed by atoms with van der Waals surface area (Å²) in [6.07, 6.45) is 0.0908. The second kappa shape index (κ2) is 6.89. The monoisotopic (exact) mass is 294 g/mol. The van der Waals surface area contributed by atoms with Crippen LogP contribution in [-0.2, 0) is 9.53 Å². The van der Waals surface area contributed by atoms with Gasteiger partial charge in [0.05, 0.1) is 24.9 Å². The van der Waals surface area contributed by atoms with Gasteiger partial charge >= 0.3 is 0 Å². The number of hydrogen-bond donors (Lipinski definition) is 2. The van der Waals surface area contributed by atoms with E-state index in [4.69, 9.17) is 15.2 Å². The molecule has 0 aromatic heterocycles. The molecule has 0 saturated heterocycles. The molecule has 0 spiro atoms. The van der Waals surface area contributed by atoms with Crippen molar-refractivity contribution in [1.82, 2.24) is 0 Å². The Labute approximate surface area is 124 Å². The molecule has 116 valence electrons. The second-order valence-corrected chi connectivity index (χ2v) is 5.02. The van der Waals surface area contributed by atoms with Gasteiger partial charge in [0.15, 0.2) is 6.10 Å². The summed E-state index contributed by atoms with van der Waals surface area (Å²) < 4.78 is 10.8. The molecule has 1 aliphatic heterocycles. The Morgan fingerprint density at radius 2 is 2.29 bits per heavy atom. The van der Waals surface area contributed by atoms with Crippen molar-refractivity contribution in [3.05, 3.63) is 23.8 Å². The Bertz CT molecular complexity index is 506. The summed E-state index contributed by atoms with van der Waals surface area (Å²) in [5, 5.41) is 9.20. The van der Waals surface area contributed by atoms with Crippen molar-refractivity contribution in [3.8, 4) is 5.75 Å². The predicted octanol–water partition coefficient (Wildman–Crippen LogP) is 0.829. The lowest BCUT2D eigenvalue weighted by atomic mass is 10.0. The van der Waals surface area contributed by atoms with Gasteiger partial charge in [-0.1, -0.05) is 13.0 Å². The Hall–Kier alpha value is -1.63. The molecule has 2 rings (SSSR count). The zero-order chi connectivity index (χ0) is 15.4. The largest absolute Gasteiger partial charge is 0.478 e. The number of fused-ring (bicyclic) bond motifs is 1. The number of aliphatic hydroxyl groups excluding tert-OH is 1. The molecule has 0 bridgehead atoms. The molecule has 3 N–H and O–H groups in total. The molecule has 21 heavy (non-hydrogen) atoms. The number of hydrogen-bond acceptors (Lipinski definition) is 5. The number of amides is 1. The predicted molar refractivity (Wildman–Crippen MR) is 79.4 cm³/mol. The number of nitrogens with zero attached hydrogens (tertiary/aromatic N) is 1. The number of ether oxygens (including phenoxy) is 2. The maximum Gasteiger partial charge on any atom is 0.268 e. The zero-order valence-corrected chi connectivity index (χ0v) is 12.4. The molecular weight excluding hydrogens is 272 g/mol. The molecular formula is C15H22N2O4. The minimum Gasteiger partial charge on any atom is -0.478 e. The first-order valence-corrected chi connectivity index (χ1v) is 7.09. The first-order valence-electron chi connectivity index (χ1n) is 7.09. The summed E-state index contributed by atoms with van der Waals surface area (Å²) in [4.78, 5) is 13.9. The van der Waals surface area contributed by atoms with E-state index >= 15 is 0 Å². The highest BCUT2D eigenvalue weighted by molar-refractivity contribution is 6.00. The third kappa shape index (κ3) is 3.18. The fourth-order valence-electron chi connectivity index (χ4n) is 2.44. The van der Waals surface area contributed by atoms with E-state index in [2.05, 4.69) is 0 Å². The van der Waals surface area contributed by atoms with Crippen LogP contribution in [0.5, 0.6) is 5.75 Å². The number of nitrogens with two attached hydrogens (primary N) is 1. The van der Waals surface area contributed by atoms with E-state index in [0.29, 0.717) is 24.5 Å². The third-order valence-electron chi connectivity index (χ3n) is 3.55. The van der Waals surface area contributed by atoms with Gasteiger partial charge in [-0.3, -0.25) is 4.79 Å². The summed E-state index contributed by atoms with van der Waals surface area (Å²) >= 11 is 0. The lowest BCUT2D eigenvalue weighted by Gasteiger charge is -2.34. The highest BCUT2D eigenvalue weighted by Crippen LogP contribution is 2.36. The number of anilines is 1. The van der Waals surface area contributed by atoms with Crippen molar-refractivity contribution in [3.63, 3.8) is 0 Å². The van der Waals surface area contributed by atoms with E-state index in [1.165, 1.54) is 0 Å². The molecule has 6 nitrogen and oxygen atoms in total. The number of β-amino-alcohol motifs (C(OH)–C–C–N with tert-alkyl or cyclic N) is 1. The molecule has 1 amide bonds. The second-order valence-electron chi connectivity index (χ2n) is 5.02. The van der Waals surface area contributed by atoms with Gasteiger partial charge in [0.25, 0.3) is 5.91 Å². The number of rotatable bonds is 6. The SMILES string of the molecule is CCC1Oc2ccc(C(N)COC)cc2N(CCO)C1=O. The Balaban J connectivity index is 2.37. The normalized spacial score (nSPS) is 19.1. The van der Waals surface area contributed by atoms with Crippen LogP contribution in [0.15, 0.2) is 18.2 Å². The fourth-order valence-corrected chi connectivity index (χ4v) is 2.44. The van der Waals surface area contributed by atoms with Gasteiger partial charge in [0.2, 0.25) is 0 Å². The smallest absolute Gasteiger partial charge is 0.268 e. The first kappa shape index (κ1) is 15.8. The highest BCUT2D eigenvalue weighted by Gasteiger charge is 2.33. The van der Waals surface area contributed by atoms with Crippen LogP contribution >= 0.6 is 0 Å². The Kier molecular flexibility index (Phi) is 5.17. The quantitative estimate of drug-likeness (QED) is 0.811. The number of aliphatic hydroxyl groups is 1. The number of methoxy groups -OCH3 is 1. The van der Waals surface area contributed by atoms with Crippen LogP contribution in [-0.4, -0.2) is 44.0 Å². The van der Waals surface area contributed by atoms with Gasteiger partial charge in [0.1, 0.15) is 5.75 Å². The zero-order valence-electron chi connectivity index (χ0n) is 12.4. The fraction of sp³-hybridized carbons (Fsp3) is 0.533. The molecule has 1 aliphatic rings. The molecule has 0 aliphatic carbocycles. The van der Waals surface area contributed by atoms with E-state index in [9.17, 15) is 9.90 Å². The van der Waals surface area contributed by atoms with Crippen molar-refractivity contribution >= 4 is 11.6 Å². The van der Waals surface area contributed by atoms with Crippen LogP contribution in [0.1, 0.15) is 24.9 Å². The third-order valence-corrected chi connectivity index (χ3v) is 3.55. The van der Waals surface area contributed by atoms with Crippen LogP contribution in [0.2, 0.25) is 0 Å². The van der Waals surface area contributed by atoms with Gasteiger partial charge in [-0.15, -0.1) is 0 Å². The van der Waals surface area contributed by atoms with Gasteiger partial charge in [0, 0.05) is 13.7 Å². The minimum atomic E-state index is -0.498. The molecule has 1 heterocycles. The molecule has 1 aromatic rings. The van der Waals surface area contributed by atoms with E-state index in [1.54, 1.807) is 12.0 Å². The lowest BCUT2D eigenvalue weighted by Crippen LogP contribution is -2.46. The summed E-state index contributed by atoms with van der Waals surface area (Å²) in [6.45, 7) is 2.43. The van der Waals surface area contributed by atoms with Crippen LogP contribution < -0.4 is 15.4 Å². The highest BCUT2D eigenvalue weighted by atomic mass is 16.5. The molecule has 2 atom stereocenters. The van der Waals surface area contributed by atoms with Crippen molar-refractivity contribution < 1.29 is 19.4 Å². The van der Waals surface area contributed by atoms with E-state index in [0.717, 1.165) is 5.56 Å². The summed E-state index contributed by atoms with van der Waals surface area (Å²) in [7, 11) is 1.59. The summed E-state index contributed by atoms with van der Waals surface area (Å²) in [5.74, 6) is 0.514. The number of benzene rings is 1. The van der Waals surface area contributed by atoms with Crippen LogP contribution in [0, 0.1) is 0 Å². The molecule has 2 unspecified atom stereocenters. The Morgan fingerprint density at radius 1 is 1.52 bits per heavy atom. The first-order chi connectivity index (χ1) is 10.1. The molecule has 0 radical (unpaired) electrons. The van der Waals surface area contributed by atoms with Gasteiger partial charge in [-0.25, -0.2) is 0 Å². The van der Waals surface area contributed by atoms with Gasteiger partial charge in [-0.05, 0) is 24.1 Å². The standard InChI is InChI=1S/C15H22N2O4/c1-3-13-15(19)17(6-7-18)12-8-10(11(16)9-20-2)4-5-14(12)21-13/h4-5,8,11,13,18H,3,6-7,9,16H2,1-2H3. The van der Waals surface area contributed by atoms with Crippen LogP contribution in [0.3, 0.4) is 0 Å².